The zero-order chi connectivity index (χ0) is 14.5. The molecule has 2 heterocycles. The van der Waals surface area contributed by atoms with E-state index < -0.39 is 6.09 Å². The highest BCUT2D eigenvalue weighted by molar-refractivity contribution is 5.65. The zero-order valence-corrected chi connectivity index (χ0v) is 12.2. The van der Waals surface area contributed by atoms with Gasteiger partial charge in [0, 0.05) is 44.6 Å². The Bertz CT molecular complexity index is 454. The number of hydrogen-bond donors (Lipinski definition) is 1. The molecule has 2 rings (SSSR count). The standard InChI is InChI=1S/C15H23N3O2/c1-12(2)10-14-13(4-3-5-16-14)11-17-6-8-18(9-7-17)15(19)20/h3-5,12H,6-11H2,1-2H3,(H,19,20). The molecule has 0 atom stereocenters. The minimum absolute atomic E-state index is 0.590. The molecule has 0 saturated carbocycles. The van der Waals surface area contributed by atoms with Crippen LogP contribution in [0.3, 0.4) is 0 Å². The Morgan fingerprint density at radius 3 is 2.65 bits per heavy atom. The maximum absolute atomic E-state index is 10.9. The van der Waals surface area contributed by atoms with E-state index in [2.05, 4.69) is 29.8 Å². The van der Waals surface area contributed by atoms with Gasteiger partial charge in [-0.15, -0.1) is 0 Å². The van der Waals surface area contributed by atoms with Crippen LogP contribution in [0.4, 0.5) is 4.79 Å². The summed E-state index contributed by atoms with van der Waals surface area (Å²) in [6.45, 7) is 8.03. The largest absolute Gasteiger partial charge is 0.465 e. The van der Waals surface area contributed by atoms with Gasteiger partial charge in [0.15, 0.2) is 0 Å². The van der Waals surface area contributed by atoms with Crippen LogP contribution in [0.5, 0.6) is 0 Å². The number of carbonyl (C=O) groups is 1. The van der Waals surface area contributed by atoms with Crippen LogP contribution >= 0.6 is 0 Å². The Hall–Kier alpha value is -1.62. The Morgan fingerprint density at radius 1 is 1.35 bits per heavy atom. The van der Waals surface area contributed by atoms with Crippen molar-refractivity contribution in [3.63, 3.8) is 0 Å². The summed E-state index contributed by atoms with van der Waals surface area (Å²) in [5.74, 6) is 0.590. The van der Waals surface area contributed by atoms with Gasteiger partial charge in [0.1, 0.15) is 0 Å². The van der Waals surface area contributed by atoms with Gasteiger partial charge < -0.3 is 10.0 Å². The van der Waals surface area contributed by atoms with Crippen molar-refractivity contribution in [2.75, 3.05) is 26.2 Å². The fourth-order valence-electron chi connectivity index (χ4n) is 2.52. The van der Waals surface area contributed by atoms with Crippen molar-refractivity contribution < 1.29 is 9.90 Å². The van der Waals surface area contributed by atoms with E-state index in [-0.39, 0.29) is 0 Å². The lowest BCUT2D eigenvalue weighted by atomic mass is 10.0. The molecule has 1 fully saturated rings. The maximum atomic E-state index is 10.9. The van der Waals surface area contributed by atoms with Crippen molar-refractivity contribution in [2.24, 2.45) is 5.92 Å². The van der Waals surface area contributed by atoms with Crippen LogP contribution in [0, 0.1) is 5.92 Å². The van der Waals surface area contributed by atoms with E-state index in [4.69, 9.17) is 5.11 Å². The summed E-state index contributed by atoms with van der Waals surface area (Å²) < 4.78 is 0. The minimum Gasteiger partial charge on any atom is -0.465 e. The predicted molar refractivity (Wildman–Crippen MR) is 77.7 cm³/mol. The molecule has 1 saturated heterocycles. The summed E-state index contributed by atoms with van der Waals surface area (Å²) in [7, 11) is 0. The van der Waals surface area contributed by atoms with E-state index >= 15 is 0 Å². The number of hydrogen-bond acceptors (Lipinski definition) is 3. The average molecular weight is 277 g/mol. The molecule has 110 valence electrons. The van der Waals surface area contributed by atoms with Crippen LogP contribution in [0.15, 0.2) is 18.3 Å². The Morgan fingerprint density at radius 2 is 2.05 bits per heavy atom. The van der Waals surface area contributed by atoms with Crippen LogP contribution in [-0.2, 0) is 13.0 Å². The smallest absolute Gasteiger partial charge is 0.407 e. The van der Waals surface area contributed by atoms with Crippen molar-refractivity contribution in [1.29, 1.82) is 0 Å². The van der Waals surface area contributed by atoms with Gasteiger partial charge in [-0.05, 0) is 24.0 Å². The van der Waals surface area contributed by atoms with Gasteiger partial charge in [0.05, 0.1) is 0 Å². The number of amides is 1. The molecule has 1 N–H and O–H groups in total. The van der Waals surface area contributed by atoms with E-state index in [0.717, 1.165) is 26.1 Å². The highest BCUT2D eigenvalue weighted by atomic mass is 16.4. The molecule has 1 aliphatic heterocycles. The SMILES string of the molecule is CC(C)Cc1ncccc1CN1CCN(C(=O)O)CC1. The molecule has 0 bridgehead atoms. The fraction of sp³-hybridized carbons (Fsp3) is 0.600. The summed E-state index contributed by atoms with van der Waals surface area (Å²) >= 11 is 0. The second-order valence-electron chi connectivity index (χ2n) is 5.75. The summed E-state index contributed by atoms with van der Waals surface area (Å²) in [6.07, 6.45) is 2.03. The van der Waals surface area contributed by atoms with E-state index in [1.165, 1.54) is 16.2 Å². The Balaban J connectivity index is 1.96. The second kappa shape index (κ2) is 6.70. The molecule has 20 heavy (non-hydrogen) atoms. The molecule has 0 spiro atoms. The number of rotatable bonds is 4. The molecule has 0 unspecified atom stereocenters. The van der Waals surface area contributed by atoms with Crippen molar-refractivity contribution in [2.45, 2.75) is 26.8 Å². The van der Waals surface area contributed by atoms with Crippen LogP contribution < -0.4 is 0 Å². The van der Waals surface area contributed by atoms with E-state index in [0.29, 0.717) is 19.0 Å². The van der Waals surface area contributed by atoms with Gasteiger partial charge in [-0.1, -0.05) is 19.9 Å². The topological polar surface area (TPSA) is 56.7 Å². The number of pyridine rings is 1. The fourth-order valence-corrected chi connectivity index (χ4v) is 2.52. The van der Waals surface area contributed by atoms with Crippen molar-refractivity contribution in [1.82, 2.24) is 14.8 Å². The zero-order valence-electron chi connectivity index (χ0n) is 12.2. The lowest BCUT2D eigenvalue weighted by Crippen LogP contribution is -2.47. The molecule has 1 aromatic rings. The first-order valence-electron chi connectivity index (χ1n) is 7.19. The van der Waals surface area contributed by atoms with Crippen LogP contribution in [0.1, 0.15) is 25.1 Å². The third-order valence-corrected chi connectivity index (χ3v) is 3.62. The van der Waals surface area contributed by atoms with Gasteiger partial charge >= 0.3 is 6.09 Å². The van der Waals surface area contributed by atoms with Crippen LogP contribution in [0.2, 0.25) is 0 Å². The lowest BCUT2D eigenvalue weighted by Gasteiger charge is -2.33. The van der Waals surface area contributed by atoms with Gasteiger partial charge in [-0.2, -0.15) is 0 Å². The normalized spacial score (nSPS) is 16.6. The number of nitrogens with zero attached hydrogens (tertiary/aromatic N) is 3. The van der Waals surface area contributed by atoms with Gasteiger partial charge in [-0.25, -0.2) is 4.79 Å². The van der Waals surface area contributed by atoms with Crippen molar-refractivity contribution >= 4 is 6.09 Å². The lowest BCUT2D eigenvalue weighted by molar-refractivity contribution is 0.103. The summed E-state index contributed by atoms with van der Waals surface area (Å²) in [5, 5.41) is 8.95. The molecular weight excluding hydrogens is 254 g/mol. The van der Waals surface area contributed by atoms with Crippen LogP contribution in [0.25, 0.3) is 0 Å². The monoisotopic (exact) mass is 277 g/mol. The molecule has 1 aliphatic rings. The van der Waals surface area contributed by atoms with Gasteiger partial charge in [-0.3, -0.25) is 9.88 Å². The predicted octanol–water partition coefficient (Wildman–Crippen LogP) is 2.08. The van der Waals surface area contributed by atoms with Crippen LogP contribution in [-0.4, -0.2) is 52.2 Å². The molecule has 0 radical (unpaired) electrons. The van der Waals surface area contributed by atoms with Gasteiger partial charge in [0.25, 0.3) is 0 Å². The molecule has 1 amide bonds. The second-order valence-corrected chi connectivity index (χ2v) is 5.75. The quantitative estimate of drug-likeness (QED) is 0.915. The first kappa shape index (κ1) is 14.8. The third-order valence-electron chi connectivity index (χ3n) is 3.62. The molecular formula is C15H23N3O2. The minimum atomic E-state index is -0.813. The van der Waals surface area contributed by atoms with E-state index in [1.54, 1.807) is 0 Å². The average Bonchev–Trinajstić information content (AvgIpc) is 2.41. The molecule has 5 nitrogen and oxygen atoms in total. The number of piperazine rings is 1. The molecule has 0 aromatic carbocycles. The molecule has 0 aliphatic carbocycles. The number of carboxylic acid groups (broad SMARTS) is 1. The summed E-state index contributed by atoms with van der Waals surface area (Å²) in [6, 6.07) is 4.11. The molecule has 1 aromatic heterocycles. The first-order chi connectivity index (χ1) is 9.56. The summed E-state index contributed by atoms with van der Waals surface area (Å²) in [4.78, 5) is 19.2. The van der Waals surface area contributed by atoms with Crippen molar-refractivity contribution in [3.05, 3.63) is 29.6 Å². The molecule has 5 heteroatoms. The third kappa shape index (κ3) is 3.93. The number of aromatic nitrogens is 1. The summed E-state index contributed by atoms with van der Waals surface area (Å²) in [5.41, 5.74) is 2.44. The van der Waals surface area contributed by atoms with E-state index in [9.17, 15) is 4.79 Å². The van der Waals surface area contributed by atoms with Crippen molar-refractivity contribution in [3.8, 4) is 0 Å². The Kier molecular flexibility index (Phi) is 4.95. The Labute approximate surface area is 120 Å². The highest BCUT2D eigenvalue weighted by Crippen LogP contribution is 2.15. The van der Waals surface area contributed by atoms with E-state index in [1.807, 2.05) is 12.3 Å². The maximum Gasteiger partial charge on any atom is 0.407 e. The highest BCUT2D eigenvalue weighted by Gasteiger charge is 2.21. The van der Waals surface area contributed by atoms with Gasteiger partial charge in [0.2, 0.25) is 0 Å². The first-order valence-corrected chi connectivity index (χ1v) is 7.19.